The molecule has 4 rings (SSSR count). The Kier molecular flexibility index (Phi) is 6.00. The summed E-state index contributed by atoms with van der Waals surface area (Å²) in [5, 5.41) is 14.0. The van der Waals surface area contributed by atoms with Gasteiger partial charge in [0.05, 0.1) is 13.7 Å². The van der Waals surface area contributed by atoms with E-state index in [1.807, 2.05) is 73.7 Å². The van der Waals surface area contributed by atoms with Gasteiger partial charge in [0.1, 0.15) is 23.4 Å². The summed E-state index contributed by atoms with van der Waals surface area (Å²) in [6.07, 6.45) is 0.373. The molecular formula is C25H26N2O3. The van der Waals surface area contributed by atoms with Gasteiger partial charge in [0.15, 0.2) is 0 Å². The van der Waals surface area contributed by atoms with E-state index in [9.17, 15) is 5.11 Å². The zero-order valence-electron chi connectivity index (χ0n) is 17.2. The number of phenolic OH excluding ortho intramolecular Hbond substituents is 1. The first-order valence-corrected chi connectivity index (χ1v) is 10.2. The van der Waals surface area contributed by atoms with Crippen LogP contribution in [0.25, 0.3) is 0 Å². The maximum Gasteiger partial charge on any atom is 0.129 e. The lowest BCUT2D eigenvalue weighted by Crippen LogP contribution is -2.33. The molecule has 3 aromatic carbocycles. The highest BCUT2D eigenvalue weighted by Crippen LogP contribution is 2.36. The van der Waals surface area contributed by atoms with Crippen LogP contribution in [0.15, 0.2) is 77.8 Å². The van der Waals surface area contributed by atoms with E-state index in [0.29, 0.717) is 13.0 Å². The quantitative estimate of drug-likeness (QED) is 0.608. The van der Waals surface area contributed by atoms with E-state index in [-0.39, 0.29) is 18.0 Å². The standard InChI is InChI=1S/C25H26N2O3/c1-3-30-18-14-12-17(13-15-18)21-16-22(19-8-4-6-10-23(19)28)27-25(26-21)20-9-5-7-11-24(20)29-2/h4-15,22,25,27-28H,3,16H2,1-2H3/t22-,25+/m1/s1. The molecule has 0 fully saturated rings. The predicted molar refractivity (Wildman–Crippen MR) is 118 cm³/mol. The largest absolute Gasteiger partial charge is 0.508 e. The van der Waals surface area contributed by atoms with Crippen LogP contribution >= 0.6 is 0 Å². The predicted octanol–water partition coefficient (Wildman–Crippen LogP) is 5.02. The van der Waals surface area contributed by atoms with E-state index in [1.54, 1.807) is 13.2 Å². The van der Waals surface area contributed by atoms with E-state index in [2.05, 4.69) is 5.32 Å². The Balaban J connectivity index is 1.74. The zero-order valence-corrected chi connectivity index (χ0v) is 17.2. The van der Waals surface area contributed by atoms with Crippen molar-refractivity contribution in [2.45, 2.75) is 25.6 Å². The van der Waals surface area contributed by atoms with Gasteiger partial charge in [-0.15, -0.1) is 0 Å². The number of benzene rings is 3. The number of aromatic hydroxyl groups is 1. The van der Waals surface area contributed by atoms with Gasteiger partial charge in [0.2, 0.25) is 0 Å². The van der Waals surface area contributed by atoms with Crippen molar-refractivity contribution >= 4 is 5.71 Å². The summed E-state index contributed by atoms with van der Waals surface area (Å²) in [5.41, 5.74) is 3.83. The lowest BCUT2D eigenvalue weighted by molar-refractivity contribution is 0.340. The zero-order chi connectivity index (χ0) is 20.9. The minimum atomic E-state index is -0.291. The fourth-order valence-corrected chi connectivity index (χ4v) is 3.82. The third-order valence-corrected chi connectivity index (χ3v) is 5.29. The van der Waals surface area contributed by atoms with Gasteiger partial charge in [0, 0.05) is 29.3 Å². The minimum absolute atomic E-state index is 0.0832. The fraction of sp³-hybridized carbons (Fsp3) is 0.240. The summed E-state index contributed by atoms with van der Waals surface area (Å²) in [6.45, 7) is 2.61. The molecule has 1 aliphatic rings. The van der Waals surface area contributed by atoms with Crippen LogP contribution in [0.4, 0.5) is 0 Å². The van der Waals surface area contributed by atoms with Crippen LogP contribution in [0.1, 0.15) is 42.2 Å². The number of hydrogen-bond donors (Lipinski definition) is 2. The van der Waals surface area contributed by atoms with Gasteiger partial charge in [-0.1, -0.05) is 36.4 Å². The first kappa shape index (κ1) is 20.0. The van der Waals surface area contributed by atoms with Crippen LogP contribution in [0.5, 0.6) is 17.2 Å². The van der Waals surface area contributed by atoms with Crippen molar-refractivity contribution in [3.8, 4) is 17.2 Å². The van der Waals surface area contributed by atoms with Crippen molar-refractivity contribution < 1.29 is 14.6 Å². The molecule has 0 saturated heterocycles. The molecule has 0 bridgehead atoms. The number of methoxy groups -OCH3 is 1. The molecule has 5 nitrogen and oxygen atoms in total. The van der Waals surface area contributed by atoms with Gasteiger partial charge in [-0.25, -0.2) is 0 Å². The number of aliphatic imine (C=N–C) groups is 1. The van der Waals surface area contributed by atoms with Gasteiger partial charge in [0.25, 0.3) is 0 Å². The van der Waals surface area contributed by atoms with Crippen LogP contribution < -0.4 is 14.8 Å². The number of phenols is 1. The number of rotatable bonds is 6. The van der Waals surface area contributed by atoms with Gasteiger partial charge in [-0.3, -0.25) is 10.3 Å². The Labute approximate surface area is 177 Å². The van der Waals surface area contributed by atoms with E-state index in [4.69, 9.17) is 14.5 Å². The third kappa shape index (κ3) is 4.16. The molecule has 0 aliphatic carbocycles. The summed E-state index contributed by atoms with van der Waals surface area (Å²) in [4.78, 5) is 5.02. The molecule has 2 atom stereocenters. The molecule has 1 heterocycles. The van der Waals surface area contributed by atoms with Crippen molar-refractivity contribution in [1.82, 2.24) is 5.32 Å². The van der Waals surface area contributed by atoms with Crippen LogP contribution in [0.3, 0.4) is 0 Å². The molecule has 154 valence electrons. The number of ether oxygens (including phenoxy) is 2. The third-order valence-electron chi connectivity index (χ3n) is 5.29. The second-order valence-corrected chi connectivity index (χ2v) is 7.16. The molecule has 1 aliphatic heterocycles. The number of nitrogens with zero attached hydrogens (tertiary/aromatic N) is 1. The highest BCUT2D eigenvalue weighted by atomic mass is 16.5. The molecule has 0 aromatic heterocycles. The molecule has 3 aromatic rings. The summed E-state index contributed by atoms with van der Waals surface area (Å²) >= 11 is 0. The van der Waals surface area contributed by atoms with Gasteiger partial charge in [-0.2, -0.15) is 0 Å². The van der Waals surface area contributed by atoms with Crippen LogP contribution in [-0.4, -0.2) is 24.5 Å². The molecular weight excluding hydrogens is 376 g/mol. The molecule has 0 spiro atoms. The van der Waals surface area contributed by atoms with E-state index in [1.165, 1.54) is 0 Å². The van der Waals surface area contributed by atoms with E-state index in [0.717, 1.165) is 33.9 Å². The molecule has 0 unspecified atom stereocenters. The lowest BCUT2D eigenvalue weighted by Gasteiger charge is -2.31. The van der Waals surface area contributed by atoms with Gasteiger partial charge < -0.3 is 14.6 Å². The second-order valence-electron chi connectivity index (χ2n) is 7.16. The van der Waals surface area contributed by atoms with Crippen molar-refractivity contribution in [2.75, 3.05) is 13.7 Å². The van der Waals surface area contributed by atoms with Crippen LogP contribution in [0, 0.1) is 0 Å². The summed E-state index contributed by atoms with van der Waals surface area (Å²) in [7, 11) is 1.67. The normalized spacial score (nSPS) is 18.5. The van der Waals surface area contributed by atoms with Crippen LogP contribution in [0.2, 0.25) is 0 Å². The second kappa shape index (κ2) is 9.01. The van der Waals surface area contributed by atoms with Gasteiger partial charge >= 0.3 is 0 Å². The lowest BCUT2D eigenvalue weighted by atomic mass is 9.93. The highest BCUT2D eigenvalue weighted by molar-refractivity contribution is 6.01. The maximum atomic E-state index is 10.5. The molecule has 0 amide bonds. The first-order chi connectivity index (χ1) is 14.7. The maximum absolute atomic E-state index is 10.5. The average Bonchev–Trinajstić information content (AvgIpc) is 2.80. The molecule has 30 heavy (non-hydrogen) atoms. The number of para-hydroxylation sites is 2. The Morgan fingerprint density at radius 2 is 1.67 bits per heavy atom. The van der Waals surface area contributed by atoms with Crippen molar-refractivity contribution in [1.29, 1.82) is 0 Å². The molecule has 0 radical (unpaired) electrons. The average molecular weight is 402 g/mol. The minimum Gasteiger partial charge on any atom is -0.508 e. The smallest absolute Gasteiger partial charge is 0.129 e. The first-order valence-electron chi connectivity index (χ1n) is 10.2. The number of nitrogens with one attached hydrogen (secondary N) is 1. The van der Waals surface area contributed by atoms with E-state index >= 15 is 0 Å². The highest BCUT2D eigenvalue weighted by Gasteiger charge is 2.28. The Morgan fingerprint density at radius 3 is 2.37 bits per heavy atom. The van der Waals surface area contributed by atoms with E-state index < -0.39 is 0 Å². The molecule has 5 heteroatoms. The van der Waals surface area contributed by atoms with Crippen molar-refractivity contribution in [2.24, 2.45) is 4.99 Å². The molecule has 2 N–H and O–H groups in total. The summed E-state index contributed by atoms with van der Waals surface area (Å²) in [5.74, 6) is 1.90. The Hall–Kier alpha value is -3.31. The number of hydrogen-bond acceptors (Lipinski definition) is 5. The van der Waals surface area contributed by atoms with Crippen molar-refractivity contribution in [3.05, 3.63) is 89.5 Å². The van der Waals surface area contributed by atoms with Crippen molar-refractivity contribution in [3.63, 3.8) is 0 Å². The SMILES string of the molecule is CCOc1ccc(C2=N[C@H](c3ccccc3OC)N[C@@H](c3ccccc3O)C2)cc1. The Morgan fingerprint density at radius 1 is 0.967 bits per heavy atom. The summed E-state index contributed by atoms with van der Waals surface area (Å²) < 4.78 is 11.1. The monoisotopic (exact) mass is 402 g/mol. The Bertz CT molecular complexity index is 1030. The fourth-order valence-electron chi connectivity index (χ4n) is 3.82. The summed E-state index contributed by atoms with van der Waals surface area (Å²) in [6, 6.07) is 23.3. The topological polar surface area (TPSA) is 63.1 Å². The van der Waals surface area contributed by atoms with Gasteiger partial charge in [-0.05, 0) is 48.9 Å². The van der Waals surface area contributed by atoms with Crippen LogP contribution in [-0.2, 0) is 0 Å². The molecule has 0 saturated carbocycles.